The van der Waals surface area contributed by atoms with Crippen molar-refractivity contribution in [3.05, 3.63) is 71.8 Å². The number of rotatable bonds is 11. The molecule has 1 aliphatic heterocycles. The highest BCUT2D eigenvalue weighted by Gasteiger charge is 2.31. The minimum atomic E-state index is -0.640. The Morgan fingerprint density at radius 2 is 1.94 bits per heavy atom. The van der Waals surface area contributed by atoms with Crippen LogP contribution in [0.5, 0.6) is 0 Å². The summed E-state index contributed by atoms with van der Waals surface area (Å²) in [6.07, 6.45) is 15.6. The molecule has 7 heteroatoms. The van der Waals surface area contributed by atoms with Gasteiger partial charge in [0.25, 0.3) is 0 Å². The molecule has 1 fully saturated rings. The van der Waals surface area contributed by atoms with E-state index in [0.717, 1.165) is 49.5 Å². The fourth-order valence-corrected chi connectivity index (χ4v) is 4.41. The van der Waals surface area contributed by atoms with Crippen molar-refractivity contribution in [3.8, 4) is 0 Å². The number of amides is 2. The van der Waals surface area contributed by atoms with Crippen molar-refractivity contribution in [1.82, 2.24) is 16.0 Å². The Bertz CT molecular complexity index is 923. The molecule has 0 bridgehead atoms. The molecule has 0 spiro atoms. The lowest BCUT2D eigenvalue weighted by molar-refractivity contribution is -0.125. The minimum Gasteiger partial charge on any atom is -0.345 e. The smallest absolute Gasteiger partial charge is 0.237 e. The number of hydrogen-bond acceptors (Lipinski definition) is 5. The van der Waals surface area contributed by atoms with Crippen molar-refractivity contribution in [2.75, 3.05) is 0 Å². The van der Waals surface area contributed by atoms with Crippen molar-refractivity contribution in [1.29, 1.82) is 0 Å². The van der Waals surface area contributed by atoms with Gasteiger partial charge in [0, 0.05) is 6.04 Å². The standard InChI is InChI=1S/C27H36N4O3/c1-19(28)26(33)30-23(18-32)15-9-14-22-16-17-24(29-22)27(34)31-25(21-12-7-4-8-13-21)20-10-5-2-3-6-11-20/h2-8,10,12-13,18-19,22-25,29H,9,11,14-17,28H2,1H3,(H,30,33)(H,31,34)/t19-,22-,23-,24?,25?/m0/s1. The molecule has 1 heterocycles. The Morgan fingerprint density at radius 3 is 2.68 bits per heavy atom. The summed E-state index contributed by atoms with van der Waals surface area (Å²) in [6, 6.07) is 8.67. The van der Waals surface area contributed by atoms with E-state index in [1.54, 1.807) is 6.92 Å². The Balaban J connectivity index is 1.52. The number of nitrogens with one attached hydrogen (secondary N) is 3. The van der Waals surface area contributed by atoms with Crippen LogP contribution in [0, 0.1) is 0 Å². The van der Waals surface area contributed by atoms with Gasteiger partial charge < -0.3 is 26.5 Å². The molecule has 5 N–H and O–H groups in total. The van der Waals surface area contributed by atoms with E-state index in [0.29, 0.717) is 6.42 Å². The monoisotopic (exact) mass is 464 g/mol. The Kier molecular flexibility index (Phi) is 9.79. The fraction of sp³-hybridized carbons (Fsp3) is 0.444. The highest BCUT2D eigenvalue weighted by Crippen LogP contribution is 2.27. The quantitative estimate of drug-likeness (QED) is 0.376. The maximum absolute atomic E-state index is 13.2. The number of carbonyl (C=O) groups is 3. The maximum atomic E-state index is 13.2. The van der Waals surface area contributed by atoms with Gasteiger partial charge in [0.1, 0.15) is 6.29 Å². The molecule has 1 aliphatic carbocycles. The highest BCUT2D eigenvalue weighted by atomic mass is 16.2. The molecule has 7 nitrogen and oxygen atoms in total. The van der Waals surface area contributed by atoms with Gasteiger partial charge in [0.2, 0.25) is 11.8 Å². The van der Waals surface area contributed by atoms with Crippen molar-refractivity contribution in [3.63, 3.8) is 0 Å². The molecule has 0 aromatic heterocycles. The van der Waals surface area contributed by atoms with E-state index in [-0.39, 0.29) is 29.9 Å². The molecule has 0 radical (unpaired) electrons. The van der Waals surface area contributed by atoms with Gasteiger partial charge in [-0.1, -0.05) is 60.7 Å². The van der Waals surface area contributed by atoms with Crippen LogP contribution in [0.3, 0.4) is 0 Å². The summed E-state index contributed by atoms with van der Waals surface area (Å²) >= 11 is 0. The van der Waals surface area contributed by atoms with Crippen molar-refractivity contribution in [2.24, 2.45) is 5.73 Å². The Hall–Kier alpha value is -3.03. The number of allylic oxidation sites excluding steroid dienone is 5. The molecular formula is C27H36N4O3. The van der Waals surface area contributed by atoms with Gasteiger partial charge in [-0.15, -0.1) is 0 Å². The summed E-state index contributed by atoms with van der Waals surface area (Å²) in [6.45, 7) is 1.59. The molecular weight excluding hydrogens is 428 g/mol. The second kappa shape index (κ2) is 13.0. The molecule has 34 heavy (non-hydrogen) atoms. The third-order valence-corrected chi connectivity index (χ3v) is 6.34. The van der Waals surface area contributed by atoms with Gasteiger partial charge in [0.15, 0.2) is 0 Å². The zero-order valence-corrected chi connectivity index (χ0v) is 19.8. The van der Waals surface area contributed by atoms with Crippen LogP contribution in [0.25, 0.3) is 0 Å². The molecule has 1 aromatic rings. The number of benzene rings is 1. The third kappa shape index (κ3) is 7.50. The number of carbonyl (C=O) groups excluding carboxylic acids is 3. The zero-order chi connectivity index (χ0) is 24.3. The average Bonchev–Trinajstić information content (AvgIpc) is 3.16. The van der Waals surface area contributed by atoms with Gasteiger partial charge in [0.05, 0.1) is 24.2 Å². The molecule has 0 saturated carbocycles. The molecule has 1 saturated heterocycles. The topological polar surface area (TPSA) is 113 Å². The van der Waals surface area contributed by atoms with Crippen LogP contribution in [0.4, 0.5) is 0 Å². The molecule has 182 valence electrons. The Labute approximate surface area is 201 Å². The highest BCUT2D eigenvalue weighted by molar-refractivity contribution is 5.84. The van der Waals surface area contributed by atoms with Gasteiger partial charge in [-0.05, 0) is 56.6 Å². The molecule has 2 amide bonds. The van der Waals surface area contributed by atoms with E-state index in [1.165, 1.54) is 0 Å². The molecule has 2 aliphatic rings. The van der Waals surface area contributed by atoms with E-state index < -0.39 is 12.1 Å². The van der Waals surface area contributed by atoms with Crippen LogP contribution in [-0.4, -0.2) is 42.3 Å². The van der Waals surface area contributed by atoms with Crippen LogP contribution < -0.4 is 21.7 Å². The van der Waals surface area contributed by atoms with E-state index >= 15 is 0 Å². The van der Waals surface area contributed by atoms with Crippen LogP contribution in [0.1, 0.15) is 57.1 Å². The second-order valence-corrected chi connectivity index (χ2v) is 9.08. The zero-order valence-electron chi connectivity index (χ0n) is 19.8. The fourth-order valence-electron chi connectivity index (χ4n) is 4.41. The summed E-state index contributed by atoms with van der Waals surface area (Å²) in [5.41, 5.74) is 7.76. The summed E-state index contributed by atoms with van der Waals surface area (Å²) in [5.74, 6) is -0.319. The predicted octanol–water partition coefficient (Wildman–Crippen LogP) is 2.61. The lowest BCUT2D eigenvalue weighted by atomic mass is 9.95. The average molecular weight is 465 g/mol. The normalized spacial score (nSPS) is 22.2. The first-order valence-corrected chi connectivity index (χ1v) is 12.1. The lowest BCUT2D eigenvalue weighted by Crippen LogP contribution is -2.45. The molecule has 3 rings (SSSR count). The SMILES string of the molecule is C[C@H](N)C(=O)N[C@H](C=O)CCC[C@H]1CCC(C(=O)NC(C2=CC=CC=CC2)c2ccccc2)N1. The minimum absolute atomic E-state index is 0.00410. The first-order chi connectivity index (χ1) is 16.5. The summed E-state index contributed by atoms with van der Waals surface area (Å²) in [7, 11) is 0. The largest absolute Gasteiger partial charge is 0.345 e. The van der Waals surface area contributed by atoms with Crippen molar-refractivity contribution >= 4 is 18.1 Å². The summed E-state index contributed by atoms with van der Waals surface area (Å²) < 4.78 is 0. The summed E-state index contributed by atoms with van der Waals surface area (Å²) in [4.78, 5) is 36.2. The van der Waals surface area contributed by atoms with Crippen LogP contribution in [0.15, 0.2) is 66.3 Å². The number of aldehydes is 1. The molecule has 2 unspecified atom stereocenters. The predicted molar refractivity (Wildman–Crippen MR) is 134 cm³/mol. The second-order valence-electron chi connectivity index (χ2n) is 9.08. The van der Waals surface area contributed by atoms with Crippen LogP contribution in [-0.2, 0) is 14.4 Å². The van der Waals surface area contributed by atoms with E-state index in [4.69, 9.17) is 5.73 Å². The van der Waals surface area contributed by atoms with Crippen molar-refractivity contribution < 1.29 is 14.4 Å². The number of hydrogen-bond donors (Lipinski definition) is 4. The molecule has 5 atom stereocenters. The van der Waals surface area contributed by atoms with Gasteiger partial charge in [-0.25, -0.2) is 0 Å². The molecule has 1 aromatic carbocycles. The van der Waals surface area contributed by atoms with Gasteiger partial charge in [-0.3, -0.25) is 9.59 Å². The van der Waals surface area contributed by atoms with E-state index in [2.05, 4.69) is 28.1 Å². The third-order valence-electron chi connectivity index (χ3n) is 6.34. The lowest BCUT2D eigenvalue weighted by Gasteiger charge is -2.24. The van der Waals surface area contributed by atoms with Crippen molar-refractivity contribution in [2.45, 2.75) is 75.7 Å². The first kappa shape index (κ1) is 25.6. The van der Waals surface area contributed by atoms with Gasteiger partial charge >= 0.3 is 0 Å². The van der Waals surface area contributed by atoms with Crippen LogP contribution in [0.2, 0.25) is 0 Å². The summed E-state index contributed by atoms with van der Waals surface area (Å²) in [5, 5.41) is 9.38. The van der Waals surface area contributed by atoms with Crippen LogP contribution >= 0.6 is 0 Å². The Morgan fingerprint density at radius 1 is 1.15 bits per heavy atom. The first-order valence-electron chi connectivity index (χ1n) is 12.1. The van der Waals surface area contributed by atoms with E-state index in [1.807, 2.05) is 48.6 Å². The maximum Gasteiger partial charge on any atom is 0.237 e. The number of nitrogens with two attached hydrogens (primary N) is 1. The van der Waals surface area contributed by atoms with E-state index in [9.17, 15) is 14.4 Å². The van der Waals surface area contributed by atoms with Gasteiger partial charge in [-0.2, -0.15) is 0 Å².